The van der Waals surface area contributed by atoms with E-state index in [-0.39, 0.29) is 0 Å². The Morgan fingerprint density at radius 2 is 2.12 bits per heavy atom. The molecule has 1 aliphatic rings. The van der Waals surface area contributed by atoms with E-state index in [4.69, 9.17) is 0 Å². The minimum Gasteiger partial charge on any atom is -0.370 e. The Bertz CT molecular complexity index is 377. The van der Waals surface area contributed by atoms with Gasteiger partial charge >= 0.3 is 0 Å². The average molecular weight is 237 g/mol. The summed E-state index contributed by atoms with van der Waals surface area (Å²) >= 11 is 1.93. The predicted molar refractivity (Wildman–Crippen MR) is 69.7 cm³/mol. The molecule has 0 amide bonds. The van der Waals surface area contributed by atoms with Crippen LogP contribution in [0.4, 0.5) is 5.82 Å². The highest BCUT2D eigenvalue weighted by molar-refractivity contribution is 7.98. The molecule has 4 heteroatoms. The normalized spacial score (nSPS) is 14.2. The summed E-state index contributed by atoms with van der Waals surface area (Å²) in [6.07, 6.45) is 0.969. The maximum atomic E-state index is 4.66. The van der Waals surface area contributed by atoms with Gasteiger partial charge in [-0.25, -0.2) is 9.97 Å². The van der Waals surface area contributed by atoms with Crippen molar-refractivity contribution in [2.75, 3.05) is 11.9 Å². The number of aromatic nitrogens is 2. The van der Waals surface area contributed by atoms with E-state index in [9.17, 15) is 0 Å². The molecule has 0 saturated carbocycles. The molecule has 0 aromatic carbocycles. The number of fused-ring (bicyclic) bond motifs is 1. The second kappa shape index (κ2) is 5.04. The van der Waals surface area contributed by atoms with E-state index >= 15 is 0 Å². The maximum Gasteiger partial charge on any atom is 0.134 e. The van der Waals surface area contributed by atoms with Gasteiger partial charge in [0.05, 0.1) is 5.69 Å². The SMILES string of the molecule is CCNc1nc(CC(C)C)nc2c1CSC2. The zero-order chi connectivity index (χ0) is 11.5. The van der Waals surface area contributed by atoms with E-state index < -0.39 is 0 Å². The zero-order valence-corrected chi connectivity index (χ0v) is 11.0. The predicted octanol–water partition coefficient (Wildman–Crippen LogP) is 2.85. The molecule has 1 N–H and O–H groups in total. The Morgan fingerprint density at radius 3 is 2.81 bits per heavy atom. The summed E-state index contributed by atoms with van der Waals surface area (Å²) in [6.45, 7) is 7.45. The monoisotopic (exact) mass is 237 g/mol. The largest absolute Gasteiger partial charge is 0.370 e. The lowest BCUT2D eigenvalue weighted by Gasteiger charge is -2.11. The van der Waals surface area contributed by atoms with Crippen LogP contribution in [0, 0.1) is 5.92 Å². The van der Waals surface area contributed by atoms with Crippen molar-refractivity contribution in [1.29, 1.82) is 0 Å². The topological polar surface area (TPSA) is 37.8 Å². The standard InChI is InChI=1S/C12H19N3S/c1-4-13-12-9-6-16-7-10(9)14-11(15-12)5-8(2)3/h8H,4-7H2,1-3H3,(H,13,14,15). The van der Waals surface area contributed by atoms with Gasteiger partial charge in [0.25, 0.3) is 0 Å². The van der Waals surface area contributed by atoms with Gasteiger partial charge in [-0.2, -0.15) is 11.8 Å². The molecule has 1 aliphatic heterocycles. The minimum atomic E-state index is 0.613. The van der Waals surface area contributed by atoms with Gasteiger partial charge in [-0.3, -0.25) is 0 Å². The summed E-state index contributed by atoms with van der Waals surface area (Å²) in [7, 11) is 0. The van der Waals surface area contributed by atoms with Crippen molar-refractivity contribution in [1.82, 2.24) is 9.97 Å². The highest BCUT2D eigenvalue weighted by Gasteiger charge is 2.19. The molecule has 0 radical (unpaired) electrons. The van der Waals surface area contributed by atoms with Crippen LogP contribution in [0.1, 0.15) is 37.9 Å². The lowest BCUT2D eigenvalue weighted by atomic mass is 10.1. The van der Waals surface area contributed by atoms with Crippen LogP contribution in [0.3, 0.4) is 0 Å². The summed E-state index contributed by atoms with van der Waals surface area (Å²) in [5, 5.41) is 3.36. The number of nitrogens with one attached hydrogen (secondary N) is 1. The quantitative estimate of drug-likeness (QED) is 0.874. The Labute approximate surface area is 101 Å². The van der Waals surface area contributed by atoms with Gasteiger partial charge in [0.2, 0.25) is 0 Å². The third-order valence-electron chi connectivity index (χ3n) is 2.56. The van der Waals surface area contributed by atoms with E-state index in [2.05, 4.69) is 36.1 Å². The van der Waals surface area contributed by atoms with Crippen LogP contribution in [-0.4, -0.2) is 16.5 Å². The number of hydrogen-bond donors (Lipinski definition) is 1. The van der Waals surface area contributed by atoms with Gasteiger partial charge in [0, 0.05) is 30.0 Å². The van der Waals surface area contributed by atoms with Gasteiger partial charge in [-0.05, 0) is 12.8 Å². The summed E-state index contributed by atoms with van der Waals surface area (Å²) in [4.78, 5) is 9.30. The highest BCUT2D eigenvalue weighted by Crippen LogP contribution is 2.32. The first-order chi connectivity index (χ1) is 7.70. The van der Waals surface area contributed by atoms with E-state index in [1.54, 1.807) is 0 Å². The van der Waals surface area contributed by atoms with Crippen LogP contribution in [0.2, 0.25) is 0 Å². The highest BCUT2D eigenvalue weighted by atomic mass is 32.2. The molecule has 2 heterocycles. The Kier molecular flexibility index (Phi) is 3.69. The van der Waals surface area contributed by atoms with Crippen LogP contribution in [-0.2, 0) is 17.9 Å². The second-order valence-corrected chi connectivity index (χ2v) is 5.52. The molecular formula is C12H19N3S. The minimum absolute atomic E-state index is 0.613. The van der Waals surface area contributed by atoms with Crippen molar-refractivity contribution in [3.8, 4) is 0 Å². The van der Waals surface area contributed by atoms with Crippen molar-refractivity contribution in [3.05, 3.63) is 17.1 Å². The van der Waals surface area contributed by atoms with Crippen molar-refractivity contribution in [2.45, 2.75) is 38.7 Å². The van der Waals surface area contributed by atoms with Gasteiger partial charge in [0.15, 0.2) is 0 Å². The van der Waals surface area contributed by atoms with Crippen LogP contribution < -0.4 is 5.32 Å². The Hall–Kier alpha value is -0.770. The zero-order valence-electron chi connectivity index (χ0n) is 10.2. The van der Waals surface area contributed by atoms with Crippen molar-refractivity contribution in [2.24, 2.45) is 5.92 Å². The first-order valence-corrected chi connectivity index (χ1v) is 7.06. The molecule has 0 spiro atoms. The fourth-order valence-corrected chi connectivity index (χ4v) is 2.91. The molecule has 0 aliphatic carbocycles. The van der Waals surface area contributed by atoms with Crippen LogP contribution >= 0.6 is 11.8 Å². The third-order valence-corrected chi connectivity index (χ3v) is 3.53. The summed E-state index contributed by atoms with van der Waals surface area (Å²) in [5.74, 6) is 4.77. The van der Waals surface area contributed by atoms with E-state index in [1.165, 1.54) is 11.3 Å². The summed E-state index contributed by atoms with van der Waals surface area (Å²) < 4.78 is 0. The molecule has 0 unspecified atom stereocenters. The molecule has 16 heavy (non-hydrogen) atoms. The first kappa shape index (κ1) is 11.7. The van der Waals surface area contributed by atoms with E-state index in [0.717, 1.165) is 36.1 Å². The molecule has 0 bridgehead atoms. The maximum absolute atomic E-state index is 4.66. The van der Waals surface area contributed by atoms with Crippen molar-refractivity contribution >= 4 is 17.6 Å². The van der Waals surface area contributed by atoms with Gasteiger partial charge < -0.3 is 5.32 Å². The number of hydrogen-bond acceptors (Lipinski definition) is 4. The van der Waals surface area contributed by atoms with Crippen LogP contribution in [0.15, 0.2) is 0 Å². The summed E-state index contributed by atoms with van der Waals surface area (Å²) in [6, 6.07) is 0. The van der Waals surface area contributed by atoms with Crippen molar-refractivity contribution < 1.29 is 0 Å². The lowest BCUT2D eigenvalue weighted by Crippen LogP contribution is -2.10. The number of anilines is 1. The molecule has 88 valence electrons. The molecule has 2 rings (SSSR count). The van der Waals surface area contributed by atoms with Crippen LogP contribution in [0.5, 0.6) is 0 Å². The molecule has 0 saturated heterocycles. The molecule has 3 nitrogen and oxygen atoms in total. The van der Waals surface area contributed by atoms with Crippen molar-refractivity contribution in [3.63, 3.8) is 0 Å². The van der Waals surface area contributed by atoms with E-state index in [1.807, 2.05) is 11.8 Å². The fourth-order valence-electron chi connectivity index (χ4n) is 1.87. The smallest absolute Gasteiger partial charge is 0.134 e. The average Bonchev–Trinajstić information content (AvgIpc) is 2.65. The fraction of sp³-hybridized carbons (Fsp3) is 0.667. The third kappa shape index (κ3) is 2.48. The molecule has 1 aromatic heterocycles. The van der Waals surface area contributed by atoms with E-state index in [0.29, 0.717) is 5.92 Å². The molecule has 0 fully saturated rings. The molecule has 0 atom stereocenters. The second-order valence-electron chi connectivity index (χ2n) is 4.53. The van der Waals surface area contributed by atoms with Crippen LogP contribution in [0.25, 0.3) is 0 Å². The van der Waals surface area contributed by atoms with Gasteiger partial charge in [0.1, 0.15) is 11.6 Å². The first-order valence-electron chi connectivity index (χ1n) is 5.91. The Morgan fingerprint density at radius 1 is 1.31 bits per heavy atom. The summed E-state index contributed by atoms with van der Waals surface area (Å²) in [5.41, 5.74) is 2.56. The number of nitrogens with zero attached hydrogens (tertiary/aromatic N) is 2. The lowest BCUT2D eigenvalue weighted by molar-refractivity contribution is 0.618. The molecular weight excluding hydrogens is 218 g/mol. The Balaban J connectivity index is 2.31. The van der Waals surface area contributed by atoms with Gasteiger partial charge in [-0.15, -0.1) is 0 Å². The number of rotatable bonds is 4. The number of thioether (sulfide) groups is 1. The molecule has 1 aromatic rings. The van der Waals surface area contributed by atoms with Gasteiger partial charge in [-0.1, -0.05) is 13.8 Å².